The van der Waals surface area contributed by atoms with Crippen molar-refractivity contribution in [1.82, 2.24) is 5.32 Å². The topological polar surface area (TPSA) is 52.5 Å². The van der Waals surface area contributed by atoms with Gasteiger partial charge >= 0.3 is 0 Å². The van der Waals surface area contributed by atoms with Crippen LogP contribution >= 0.6 is 11.8 Å². The van der Waals surface area contributed by atoms with E-state index in [4.69, 9.17) is 5.11 Å². The van der Waals surface area contributed by atoms with Crippen LogP contribution in [0.5, 0.6) is 5.75 Å². The van der Waals surface area contributed by atoms with Crippen LogP contribution in [0.4, 0.5) is 0 Å². The van der Waals surface area contributed by atoms with Gasteiger partial charge in [-0.2, -0.15) is 11.8 Å². The van der Waals surface area contributed by atoms with Gasteiger partial charge in [0.05, 0.1) is 0 Å². The van der Waals surface area contributed by atoms with E-state index in [0.717, 1.165) is 28.5 Å². The van der Waals surface area contributed by atoms with Crippen LogP contribution in [0, 0.1) is 0 Å². The second kappa shape index (κ2) is 7.53. The second-order valence-electron chi connectivity index (χ2n) is 4.83. The van der Waals surface area contributed by atoms with Crippen molar-refractivity contribution in [2.24, 2.45) is 0 Å². The smallest absolute Gasteiger partial charge is 0.120 e. The molecular formula is C16H21NO2S. The molecule has 0 aliphatic heterocycles. The van der Waals surface area contributed by atoms with Crippen LogP contribution in [0.1, 0.15) is 12.0 Å². The average Bonchev–Trinajstić information content (AvgIpc) is 2.46. The molecule has 3 nitrogen and oxygen atoms in total. The van der Waals surface area contributed by atoms with Gasteiger partial charge in [0.25, 0.3) is 0 Å². The highest BCUT2D eigenvalue weighted by atomic mass is 32.2. The number of phenols is 1. The molecule has 2 rings (SSSR count). The summed E-state index contributed by atoms with van der Waals surface area (Å²) in [5.74, 6) is 1.27. The van der Waals surface area contributed by atoms with Gasteiger partial charge < -0.3 is 15.5 Å². The van der Waals surface area contributed by atoms with Gasteiger partial charge in [-0.15, -0.1) is 0 Å². The molecule has 4 heteroatoms. The van der Waals surface area contributed by atoms with Crippen LogP contribution in [-0.4, -0.2) is 34.9 Å². The van der Waals surface area contributed by atoms with E-state index in [1.54, 1.807) is 17.8 Å². The lowest BCUT2D eigenvalue weighted by molar-refractivity contribution is 0.269. The first-order valence-corrected chi connectivity index (χ1v) is 8.18. The van der Waals surface area contributed by atoms with E-state index in [2.05, 4.69) is 11.6 Å². The maximum absolute atomic E-state index is 10.1. The number of rotatable bonds is 7. The Morgan fingerprint density at radius 2 is 2.00 bits per heavy atom. The molecular weight excluding hydrogens is 270 g/mol. The maximum atomic E-state index is 10.1. The zero-order chi connectivity index (χ0) is 14.4. The fraction of sp³-hybridized carbons (Fsp3) is 0.375. The zero-order valence-corrected chi connectivity index (χ0v) is 12.5. The molecule has 0 saturated carbocycles. The standard InChI is InChI=1S/C16H21NO2S/c1-20-11-13(8-9-18)17-10-15-14-5-3-2-4-12(14)6-7-16(15)19/h2-7,13,17-19H,8-11H2,1H3. The van der Waals surface area contributed by atoms with Crippen LogP contribution in [0.3, 0.4) is 0 Å². The second-order valence-corrected chi connectivity index (χ2v) is 5.74. The quantitative estimate of drug-likeness (QED) is 0.734. The molecule has 0 bridgehead atoms. The van der Waals surface area contributed by atoms with Crippen molar-refractivity contribution in [2.75, 3.05) is 18.6 Å². The summed E-state index contributed by atoms with van der Waals surface area (Å²) in [6.07, 6.45) is 2.79. The third kappa shape index (κ3) is 3.66. The zero-order valence-electron chi connectivity index (χ0n) is 11.7. The number of aliphatic hydroxyl groups excluding tert-OH is 1. The minimum absolute atomic E-state index is 0.180. The predicted octanol–water partition coefficient (Wildman–Crippen LogP) is 2.75. The van der Waals surface area contributed by atoms with E-state index < -0.39 is 0 Å². The first-order valence-electron chi connectivity index (χ1n) is 6.79. The highest BCUT2D eigenvalue weighted by Crippen LogP contribution is 2.27. The molecule has 0 aliphatic rings. The van der Waals surface area contributed by atoms with Gasteiger partial charge in [-0.1, -0.05) is 30.3 Å². The molecule has 1 unspecified atom stereocenters. The molecule has 0 fully saturated rings. The summed E-state index contributed by atoms with van der Waals surface area (Å²) >= 11 is 1.76. The Kier molecular flexibility index (Phi) is 5.71. The number of benzene rings is 2. The number of fused-ring (bicyclic) bond motifs is 1. The van der Waals surface area contributed by atoms with Gasteiger partial charge in [0.15, 0.2) is 0 Å². The Labute approximate surface area is 124 Å². The molecule has 0 amide bonds. The van der Waals surface area contributed by atoms with Crippen molar-refractivity contribution in [3.05, 3.63) is 42.0 Å². The van der Waals surface area contributed by atoms with Gasteiger partial charge in [-0.3, -0.25) is 0 Å². The van der Waals surface area contributed by atoms with Crippen molar-refractivity contribution >= 4 is 22.5 Å². The Bertz CT molecular complexity index is 553. The fourth-order valence-electron chi connectivity index (χ4n) is 2.36. The number of nitrogens with one attached hydrogen (secondary N) is 1. The highest BCUT2D eigenvalue weighted by Gasteiger charge is 2.10. The van der Waals surface area contributed by atoms with Crippen molar-refractivity contribution in [2.45, 2.75) is 19.0 Å². The third-order valence-corrected chi connectivity index (χ3v) is 4.16. The van der Waals surface area contributed by atoms with Gasteiger partial charge in [0.1, 0.15) is 5.75 Å². The van der Waals surface area contributed by atoms with Crippen LogP contribution in [0.25, 0.3) is 10.8 Å². The fourth-order valence-corrected chi connectivity index (χ4v) is 3.04. The molecule has 0 spiro atoms. The molecule has 0 saturated heterocycles. The molecule has 1 atom stereocenters. The normalized spacial score (nSPS) is 12.7. The molecule has 0 aromatic heterocycles. The van der Waals surface area contributed by atoms with Crippen LogP contribution in [0.2, 0.25) is 0 Å². The van der Waals surface area contributed by atoms with E-state index in [0.29, 0.717) is 12.3 Å². The molecule has 0 aliphatic carbocycles. The number of thioether (sulfide) groups is 1. The van der Waals surface area contributed by atoms with Gasteiger partial charge in [-0.25, -0.2) is 0 Å². The van der Waals surface area contributed by atoms with Gasteiger partial charge in [0.2, 0.25) is 0 Å². The van der Waals surface area contributed by atoms with E-state index in [9.17, 15) is 5.11 Å². The first-order chi connectivity index (χ1) is 9.76. The van der Waals surface area contributed by atoms with Crippen molar-refractivity contribution in [1.29, 1.82) is 0 Å². The molecule has 0 heterocycles. The lowest BCUT2D eigenvalue weighted by Gasteiger charge is -2.18. The number of hydrogen-bond donors (Lipinski definition) is 3. The molecule has 0 radical (unpaired) electrons. The summed E-state index contributed by atoms with van der Waals surface area (Å²) in [6, 6.07) is 12.0. The minimum Gasteiger partial charge on any atom is -0.508 e. The first kappa shape index (κ1) is 15.2. The van der Waals surface area contributed by atoms with Crippen molar-refractivity contribution < 1.29 is 10.2 Å². The van der Waals surface area contributed by atoms with Crippen LogP contribution < -0.4 is 5.32 Å². The highest BCUT2D eigenvalue weighted by molar-refractivity contribution is 7.98. The van der Waals surface area contributed by atoms with E-state index >= 15 is 0 Å². The Balaban J connectivity index is 2.18. The molecule has 2 aromatic carbocycles. The third-order valence-electron chi connectivity index (χ3n) is 3.43. The van der Waals surface area contributed by atoms with Gasteiger partial charge in [-0.05, 0) is 29.5 Å². The van der Waals surface area contributed by atoms with Gasteiger partial charge in [0, 0.05) is 30.5 Å². The molecule has 108 valence electrons. The number of hydrogen-bond acceptors (Lipinski definition) is 4. The summed E-state index contributed by atoms with van der Waals surface area (Å²) < 4.78 is 0. The van der Waals surface area contributed by atoms with E-state index in [1.165, 1.54) is 0 Å². The maximum Gasteiger partial charge on any atom is 0.120 e. The summed E-state index contributed by atoms with van der Waals surface area (Å²) in [5, 5.41) is 24.8. The number of aliphatic hydroxyl groups is 1. The largest absolute Gasteiger partial charge is 0.508 e. The van der Waals surface area contributed by atoms with Crippen LogP contribution in [-0.2, 0) is 6.54 Å². The Hall–Kier alpha value is -1.23. The number of phenolic OH excluding ortho intramolecular Hbond substituents is 1. The Morgan fingerprint density at radius 1 is 1.20 bits per heavy atom. The minimum atomic E-state index is 0.180. The Morgan fingerprint density at radius 3 is 2.75 bits per heavy atom. The lowest BCUT2D eigenvalue weighted by atomic mass is 10.0. The SMILES string of the molecule is CSCC(CCO)NCc1c(O)ccc2ccccc12. The lowest BCUT2D eigenvalue weighted by Crippen LogP contribution is -2.31. The summed E-state index contributed by atoms with van der Waals surface area (Å²) in [7, 11) is 0. The predicted molar refractivity (Wildman–Crippen MR) is 86.3 cm³/mol. The summed E-state index contributed by atoms with van der Waals surface area (Å²) in [5.41, 5.74) is 0.923. The molecule has 2 aromatic rings. The van der Waals surface area contributed by atoms with E-state index in [-0.39, 0.29) is 12.6 Å². The van der Waals surface area contributed by atoms with Crippen LogP contribution in [0.15, 0.2) is 36.4 Å². The monoisotopic (exact) mass is 291 g/mol. The van der Waals surface area contributed by atoms with Crippen molar-refractivity contribution in [3.63, 3.8) is 0 Å². The molecule has 3 N–H and O–H groups in total. The average molecular weight is 291 g/mol. The van der Waals surface area contributed by atoms with E-state index in [1.807, 2.05) is 30.3 Å². The molecule has 20 heavy (non-hydrogen) atoms. The van der Waals surface area contributed by atoms with Crippen molar-refractivity contribution in [3.8, 4) is 5.75 Å². The summed E-state index contributed by atoms with van der Waals surface area (Å²) in [4.78, 5) is 0. The summed E-state index contributed by atoms with van der Waals surface area (Å²) in [6.45, 7) is 0.790. The number of aromatic hydroxyl groups is 1.